The summed E-state index contributed by atoms with van der Waals surface area (Å²) in [5.41, 5.74) is 4.43. The van der Waals surface area contributed by atoms with Gasteiger partial charge in [-0.25, -0.2) is 14.6 Å². The summed E-state index contributed by atoms with van der Waals surface area (Å²) in [6, 6.07) is 16.0. The molecule has 2 aromatic carbocycles. The summed E-state index contributed by atoms with van der Waals surface area (Å²) in [6.07, 6.45) is -2.41. The number of hydrogen-bond acceptors (Lipinski definition) is 7. The van der Waals surface area contributed by atoms with Crippen LogP contribution in [0.15, 0.2) is 53.9 Å². The average molecular weight is 453 g/mol. The van der Waals surface area contributed by atoms with Crippen molar-refractivity contribution in [2.75, 3.05) is 18.5 Å². The van der Waals surface area contributed by atoms with Gasteiger partial charge in [0.1, 0.15) is 12.3 Å². The van der Waals surface area contributed by atoms with Crippen LogP contribution in [0.5, 0.6) is 0 Å². The highest BCUT2D eigenvalue weighted by Crippen LogP contribution is 2.44. The van der Waals surface area contributed by atoms with Gasteiger partial charge in [0.05, 0.1) is 6.54 Å². The Balaban J connectivity index is 1.34. The Morgan fingerprint density at radius 2 is 1.69 bits per heavy atom. The first-order chi connectivity index (χ1) is 15.4. The van der Waals surface area contributed by atoms with E-state index in [2.05, 4.69) is 15.6 Å². The van der Waals surface area contributed by atoms with Crippen molar-refractivity contribution in [1.82, 2.24) is 10.3 Å². The predicted molar refractivity (Wildman–Crippen MR) is 117 cm³/mol. The number of amides is 2. The molecule has 0 saturated carbocycles. The summed E-state index contributed by atoms with van der Waals surface area (Å²) in [4.78, 5) is 38.9. The molecular weight excluding hydrogens is 434 g/mol. The Morgan fingerprint density at radius 1 is 1.06 bits per heavy atom. The number of carboxylic acids is 1. The summed E-state index contributed by atoms with van der Waals surface area (Å²) >= 11 is 1.02. The van der Waals surface area contributed by atoms with Crippen molar-refractivity contribution in [3.05, 3.63) is 70.7 Å². The van der Waals surface area contributed by atoms with Crippen LogP contribution < -0.4 is 10.6 Å². The predicted octanol–water partition coefficient (Wildman–Crippen LogP) is 2.68. The normalized spacial score (nSPS) is 13.0. The molecule has 1 heterocycles. The summed E-state index contributed by atoms with van der Waals surface area (Å²) in [5, 5.41) is 24.2. The highest BCUT2D eigenvalue weighted by molar-refractivity contribution is 7.14. The Hall–Kier alpha value is -3.76. The van der Waals surface area contributed by atoms with Gasteiger partial charge < -0.3 is 20.3 Å². The topological polar surface area (TPSA) is 138 Å². The minimum atomic E-state index is -1.71. The Labute approximate surface area is 186 Å². The van der Waals surface area contributed by atoms with Crippen molar-refractivity contribution < 1.29 is 29.3 Å². The Kier molecular flexibility index (Phi) is 6.15. The third-order valence-corrected chi connectivity index (χ3v) is 5.79. The number of nitrogens with zero attached hydrogens (tertiary/aromatic N) is 1. The first-order valence-corrected chi connectivity index (χ1v) is 10.6. The minimum absolute atomic E-state index is 0.0125. The van der Waals surface area contributed by atoms with E-state index in [1.165, 1.54) is 5.38 Å². The van der Waals surface area contributed by atoms with Crippen LogP contribution in [-0.4, -0.2) is 52.4 Å². The van der Waals surface area contributed by atoms with Crippen molar-refractivity contribution in [3.8, 4) is 11.1 Å². The molecule has 4 N–H and O–H groups in total. The number of aliphatic carboxylic acids is 1. The van der Waals surface area contributed by atoms with Gasteiger partial charge in [-0.1, -0.05) is 48.5 Å². The van der Waals surface area contributed by atoms with E-state index in [0.717, 1.165) is 33.6 Å². The monoisotopic (exact) mass is 453 g/mol. The number of carbonyl (C=O) groups excluding carboxylic acids is 2. The van der Waals surface area contributed by atoms with Crippen molar-refractivity contribution in [2.24, 2.45) is 0 Å². The summed E-state index contributed by atoms with van der Waals surface area (Å²) < 4.78 is 5.44. The molecule has 1 aliphatic carbocycles. The fourth-order valence-corrected chi connectivity index (χ4v) is 4.20. The van der Waals surface area contributed by atoms with E-state index in [1.807, 2.05) is 48.5 Å². The second-order valence-corrected chi connectivity index (χ2v) is 7.91. The second kappa shape index (κ2) is 9.16. The molecule has 1 atom stereocenters. The number of thiazole rings is 1. The molecule has 4 rings (SSSR count). The molecule has 164 valence electrons. The van der Waals surface area contributed by atoms with E-state index in [9.17, 15) is 19.5 Å². The molecule has 1 unspecified atom stereocenters. The maximum absolute atomic E-state index is 12.3. The molecule has 0 spiro atoms. The number of carbonyl (C=O) groups is 3. The van der Waals surface area contributed by atoms with Crippen LogP contribution in [0.4, 0.5) is 9.93 Å². The van der Waals surface area contributed by atoms with Gasteiger partial charge in [-0.2, -0.15) is 0 Å². The highest BCUT2D eigenvalue weighted by atomic mass is 32.1. The number of fused-ring (bicyclic) bond motifs is 3. The fraction of sp³-hybridized carbons (Fsp3) is 0.182. The number of benzene rings is 2. The zero-order valence-corrected chi connectivity index (χ0v) is 17.5. The average Bonchev–Trinajstić information content (AvgIpc) is 3.38. The summed E-state index contributed by atoms with van der Waals surface area (Å²) in [7, 11) is 0. The molecule has 0 fully saturated rings. The Morgan fingerprint density at radius 3 is 2.31 bits per heavy atom. The zero-order valence-electron chi connectivity index (χ0n) is 16.6. The lowest BCUT2D eigenvalue weighted by Crippen LogP contribution is -2.36. The molecule has 0 saturated heterocycles. The molecule has 32 heavy (non-hydrogen) atoms. The molecule has 2 amide bonds. The van der Waals surface area contributed by atoms with Crippen LogP contribution in [-0.2, 0) is 9.53 Å². The van der Waals surface area contributed by atoms with Crippen LogP contribution in [0.1, 0.15) is 27.5 Å². The number of carboxylic acid groups (broad SMARTS) is 1. The number of rotatable bonds is 7. The van der Waals surface area contributed by atoms with E-state index in [-0.39, 0.29) is 23.4 Å². The number of ether oxygens (including phenoxy) is 1. The lowest BCUT2D eigenvalue weighted by atomic mass is 9.98. The number of anilines is 1. The van der Waals surface area contributed by atoms with Crippen LogP contribution in [0, 0.1) is 0 Å². The Bertz CT molecular complexity index is 1130. The first-order valence-electron chi connectivity index (χ1n) is 9.70. The number of aromatic nitrogens is 1. The molecule has 0 bridgehead atoms. The third kappa shape index (κ3) is 4.46. The molecule has 0 radical (unpaired) electrons. The van der Waals surface area contributed by atoms with Gasteiger partial charge in [-0.3, -0.25) is 10.1 Å². The van der Waals surface area contributed by atoms with Crippen molar-refractivity contribution >= 4 is 34.4 Å². The van der Waals surface area contributed by atoms with E-state index in [0.29, 0.717) is 0 Å². The van der Waals surface area contributed by atoms with Gasteiger partial charge in [0.25, 0.3) is 5.91 Å². The first kappa shape index (κ1) is 21.5. The highest BCUT2D eigenvalue weighted by Gasteiger charge is 2.29. The minimum Gasteiger partial charge on any atom is -0.479 e. The summed E-state index contributed by atoms with van der Waals surface area (Å²) in [5.74, 6) is -2.19. The fourth-order valence-electron chi connectivity index (χ4n) is 3.52. The lowest BCUT2D eigenvalue weighted by molar-refractivity contribution is -0.146. The number of nitrogens with one attached hydrogen (secondary N) is 2. The smallest absolute Gasteiger partial charge is 0.413 e. The molecule has 3 aromatic rings. The number of aliphatic hydroxyl groups is 1. The largest absolute Gasteiger partial charge is 0.479 e. The molecular formula is C22H19N3O6S. The zero-order chi connectivity index (χ0) is 22.7. The number of hydrogen-bond donors (Lipinski definition) is 4. The summed E-state index contributed by atoms with van der Waals surface area (Å²) in [6.45, 7) is -0.313. The van der Waals surface area contributed by atoms with Gasteiger partial charge in [-0.15, -0.1) is 11.3 Å². The van der Waals surface area contributed by atoms with Gasteiger partial charge in [0.2, 0.25) is 0 Å². The molecule has 10 heteroatoms. The van der Waals surface area contributed by atoms with E-state index in [4.69, 9.17) is 9.84 Å². The van der Waals surface area contributed by atoms with Crippen molar-refractivity contribution in [3.63, 3.8) is 0 Å². The maximum Gasteiger partial charge on any atom is 0.413 e. The van der Waals surface area contributed by atoms with Crippen LogP contribution >= 0.6 is 11.3 Å². The van der Waals surface area contributed by atoms with E-state index < -0.39 is 30.6 Å². The maximum atomic E-state index is 12.3. The van der Waals surface area contributed by atoms with E-state index >= 15 is 0 Å². The SMILES string of the molecule is O=C(Nc1nc(C(=O)NCC(O)C(=O)O)cs1)OCC1c2ccccc2-c2ccccc21. The second-order valence-electron chi connectivity index (χ2n) is 7.05. The molecule has 9 nitrogen and oxygen atoms in total. The molecule has 1 aliphatic rings. The quantitative estimate of drug-likeness (QED) is 0.431. The lowest BCUT2D eigenvalue weighted by Gasteiger charge is -2.14. The van der Waals surface area contributed by atoms with E-state index in [1.54, 1.807) is 0 Å². The number of aliphatic hydroxyl groups excluding tert-OH is 1. The van der Waals surface area contributed by atoms with Gasteiger partial charge in [-0.05, 0) is 22.3 Å². The van der Waals surface area contributed by atoms with Crippen LogP contribution in [0.25, 0.3) is 11.1 Å². The van der Waals surface area contributed by atoms with Crippen molar-refractivity contribution in [2.45, 2.75) is 12.0 Å². The van der Waals surface area contributed by atoms with Crippen LogP contribution in [0.3, 0.4) is 0 Å². The van der Waals surface area contributed by atoms with Gasteiger partial charge in [0.15, 0.2) is 11.2 Å². The third-order valence-electron chi connectivity index (χ3n) is 5.03. The van der Waals surface area contributed by atoms with Crippen molar-refractivity contribution in [1.29, 1.82) is 0 Å². The van der Waals surface area contributed by atoms with Gasteiger partial charge >= 0.3 is 12.1 Å². The standard InChI is InChI=1S/C22H19N3O6S/c26-18(20(28)29)9-23-19(27)17-11-32-21(24-17)25-22(30)31-10-16-14-7-3-1-5-12(14)13-6-2-4-8-15(13)16/h1-8,11,16,18,26H,9-10H2,(H,23,27)(H,28,29)(H,24,25,30). The molecule has 1 aromatic heterocycles. The molecule has 0 aliphatic heterocycles. The van der Waals surface area contributed by atoms with Gasteiger partial charge in [0, 0.05) is 11.3 Å². The van der Waals surface area contributed by atoms with Crippen LogP contribution in [0.2, 0.25) is 0 Å².